The maximum Gasteiger partial charge on any atom is 0.387 e. The Morgan fingerprint density at radius 2 is 1.72 bits per heavy atom. The Kier molecular flexibility index (Phi) is 4.51. The Labute approximate surface area is 114 Å². The van der Waals surface area contributed by atoms with E-state index in [-0.39, 0.29) is 15.8 Å². The lowest BCUT2D eigenvalue weighted by Crippen LogP contribution is -2.14. The van der Waals surface area contributed by atoms with Crippen LogP contribution in [0.25, 0.3) is 0 Å². The van der Waals surface area contributed by atoms with Gasteiger partial charge in [0.2, 0.25) is 0 Å². The first-order valence-electron chi connectivity index (χ1n) is 5.76. The molecule has 1 fully saturated rings. The van der Waals surface area contributed by atoms with Gasteiger partial charge in [-0.3, -0.25) is 0 Å². The average molecular weight is 296 g/mol. The summed E-state index contributed by atoms with van der Waals surface area (Å²) in [6, 6.07) is 3.52. The van der Waals surface area contributed by atoms with Crippen molar-refractivity contribution >= 4 is 28.9 Å². The average Bonchev–Trinajstić information content (AvgIpc) is 2.76. The van der Waals surface area contributed by atoms with Gasteiger partial charge in [0, 0.05) is 11.7 Å². The quantitative estimate of drug-likeness (QED) is 0.848. The predicted molar refractivity (Wildman–Crippen MR) is 69.0 cm³/mol. The first-order chi connectivity index (χ1) is 8.56. The van der Waals surface area contributed by atoms with Crippen LogP contribution >= 0.6 is 23.2 Å². The highest BCUT2D eigenvalue weighted by atomic mass is 35.5. The molecule has 0 saturated heterocycles. The van der Waals surface area contributed by atoms with E-state index in [4.69, 9.17) is 23.2 Å². The minimum absolute atomic E-state index is 0.0864. The maximum atomic E-state index is 12.2. The van der Waals surface area contributed by atoms with Gasteiger partial charge in [-0.2, -0.15) is 8.78 Å². The molecule has 0 bridgehead atoms. The van der Waals surface area contributed by atoms with Crippen LogP contribution in [0.15, 0.2) is 12.1 Å². The molecule has 0 heterocycles. The summed E-state index contributed by atoms with van der Waals surface area (Å²) in [6.07, 6.45) is 4.60. The topological polar surface area (TPSA) is 21.3 Å². The number of benzene rings is 1. The fourth-order valence-corrected chi connectivity index (χ4v) is 2.73. The summed E-state index contributed by atoms with van der Waals surface area (Å²) in [7, 11) is 0. The van der Waals surface area contributed by atoms with Gasteiger partial charge in [-0.1, -0.05) is 36.0 Å². The van der Waals surface area contributed by atoms with Gasteiger partial charge in [-0.05, 0) is 25.0 Å². The molecule has 1 aromatic rings. The van der Waals surface area contributed by atoms with Gasteiger partial charge in [-0.25, -0.2) is 0 Å². The highest BCUT2D eigenvalue weighted by Crippen LogP contribution is 2.37. The number of anilines is 1. The first kappa shape index (κ1) is 13.7. The van der Waals surface area contributed by atoms with Crippen molar-refractivity contribution in [3.05, 3.63) is 22.2 Å². The number of ether oxygens (including phenoxy) is 1. The van der Waals surface area contributed by atoms with Crippen LogP contribution in [-0.4, -0.2) is 12.7 Å². The van der Waals surface area contributed by atoms with E-state index in [2.05, 4.69) is 10.1 Å². The van der Waals surface area contributed by atoms with Gasteiger partial charge in [0.05, 0.1) is 10.0 Å². The maximum absolute atomic E-state index is 12.2. The van der Waals surface area contributed by atoms with E-state index < -0.39 is 6.61 Å². The smallest absolute Gasteiger partial charge is 0.387 e. The Bertz CT molecular complexity index is 400. The molecule has 1 saturated carbocycles. The molecule has 18 heavy (non-hydrogen) atoms. The van der Waals surface area contributed by atoms with Crippen LogP contribution in [0.1, 0.15) is 25.7 Å². The van der Waals surface area contributed by atoms with Gasteiger partial charge in [0.1, 0.15) is 0 Å². The zero-order chi connectivity index (χ0) is 13.1. The molecule has 0 atom stereocenters. The number of halogens is 4. The third kappa shape index (κ3) is 3.39. The molecule has 0 spiro atoms. The Morgan fingerprint density at radius 1 is 1.17 bits per heavy atom. The molecule has 0 amide bonds. The Morgan fingerprint density at radius 3 is 2.22 bits per heavy atom. The molecule has 2 rings (SSSR count). The summed E-state index contributed by atoms with van der Waals surface area (Å²) < 4.78 is 28.6. The second kappa shape index (κ2) is 5.93. The van der Waals surface area contributed by atoms with E-state index in [9.17, 15) is 8.78 Å². The largest absolute Gasteiger partial charge is 0.432 e. The standard InChI is InChI=1S/C12H13Cl2F2NO/c13-9-5-8(17-7-3-1-2-4-7)6-10(14)11(9)18-12(15)16/h5-7,12,17H,1-4H2. The molecule has 0 aromatic heterocycles. The van der Waals surface area contributed by atoms with Crippen molar-refractivity contribution in [2.45, 2.75) is 38.3 Å². The van der Waals surface area contributed by atoms with E-state index in [0.29, 0.717) is 6.04 Å². The van der Waals surface area contributed by atoms with Crippen molar-refractivity contribution in [2.75, 3.05) is 5.32 Å². The van der Waals surface area contributed by atoms with Crippen molar-refractivity contribution in [2.24, 2.45) is 0 Å². The second-order valence-corrected chi connectivity index (χ2v) is 5.09. The fourth-order valence-electron chi connectivity index (χ4n) is 2.15. The summed E-state index contributed by atoms with van der Waals surface area (Å²) in [5.41, 5.74) is 0.735. The van der Waals surface area contributed by atoms with E-state index in [1.54, 1.807) is 12.1 Å². The van der Waals surface area contributed by atoms with Crippen LogP contribution in [0, 0.1) is 0 Å². The van der Waals surface area contributed by atoms with Gasteiger partial charge in [0.25, 0.3) is 0 Å². The summed E-state index contributed by atoms with van der Waals surface area (Å²) >= 11 is 11.8. The summed E-state index contributed by atoms with van der Waals surface area (Å²) in [6.45, 7) is -2.94. The third-order valence-corrected chi connectivity index (χ3v) is 3.49. The normalized spacial score (nSPS) is 16.3. The van der Waals surface area contributed by atoms with Crippen LogP contribution in [0.2, 0.25) is 10.0 Å². The van der Waals surface area contributed by atoms with Crippen molar-refractivity contribution in [3.8, 4) is 5.75 Å². The number of hydrogen-bond donors (Lipinski definition) is 1. The molecular formula is C12H13Cl2F2NO. The molecule has 0 aliphatic heterocycles. The second-order valence-electron chi connectivity index (χ2n) is 4.27. The SMILES string of the molecule is FC(F)Oc1c(Cl)cc(NC2CCCC2)cc1Cl. The van der Waals surface area contributed by atoms with Crippen molar-refractivity contribution < 1.29 is 13.5 Å². The van der Waals surface area contributed by atoms with E-state index in [1.165, 1.54) is 12.8 Å². The highest BCUT2D eigenvalue weighted by molar-refractivity contribution is 6.37. The minimum atomic E-state index is -2.94. The summed E-state index contributed by atoms with van der Waals surface area (Å²) in [4.78, 5) is 0. The number of hydrogen-bond acceptors (Lipinski definition) is 2. The van der Waals surface area contributed by atoms with Crippen LogP contribution in [-0.2, 0) is 0 Å². The summed E-state index contributed by atoms with van der Waals surface area (Å²) in [5, 5.41) is 3.46. The van der Waals surface area contributed by atoms with Gasteiger partial charge in [0.15, 0.2) is 5.75 Å². The van der Waals surface area contributed by atoms with Crippen LogP contribution in [0.3, 0.4) is 0 Å². The first-order valence-corrected chi connectivity index (χ1v) is 6.52. The monoisotopic (exact) mass is 295 g/mol. The lowest BCUT2D eigenvalue weighted by atomic mass is 10.2. The third-order valence-electron chi connectivity index (χ3n) is 2.93. The van der Waals surface area contributed by atoms with E-state index in [1.807, 2.05) is 0 Å². The molecular weight excluding hydrogens is 283 g/mol. The molecule has 100 valence electrons. The predicted octanol–water partition coefficient (Wildman–Crippen LogP) is 4.95. The molecule has 1 aromatic carbocycles. The van der Waals surface area contributed by atoms with Crippen molar-refractivity contribution in [1.82, 2.24) is 0 Å². The molecule has 1 aliphatic rings. The lowest BCUT2D eigenvalue weighted by molar-refractivity contribution is -0.0497. The lowest BCUT2D eigenvalue weighted by Gasteiger charge is -2.16. The number of nitrogens with one attached hydrogen (secondary N) is 1. The van der Waals surface area contributed by atoms with Gasteiger partial charge in [-0.15, -0.1) is 0 Å². The van der Waals surface area contributed by atoms with Crippen LogP contribution < -0.4 is 10.1 Å². The molecule has 0 unspecified atom stereocenters. The molecule has 6 heteroatoms. The molecule has 1 N–H and O–H groups in total. The Hall–Kier alpha value is -0.740. The highest BCUT2D eigenvalue weighted by Gasteiger charge is 2.18. The van der Waals surface area contributed by atoms with Gasteiger partial charge >= 0.3 is 6.61 Å². The number of alkyl halides is 2. The van der Waals surface area contributed by atoms with E-state index >= 15 is 0 Å². The zero-order valence-electron chi connectivity index (χ0n) is 9.56. The fraction of sp³-hybridized carbons (Fsp3) is 0.500. The van der Waals surface area contributed by atoms with Crippen molar-refractivity contribution in [1.29, 1.82) is 0 Å². The molecule has 0 radical (unpaired) electrons. The van der Waals surface area contributed by atoms with Crippen LogP contribution in [0.5, 0.6) is 5.75 Å². The molecule has 1 aliphatic carbocycles. The number of rotatable bonds is 4. The summed E-state index contributed by atoms with van der Waals surface area (Å²) in [5.74, 6) is -0.176. The Balaban J connectivity index is 2.13. The minimum Gasteiger partial charge on any atom is -0.432 e. The van der Waals surface area contributed by atoms with Gasteiger partial charge < -0.3 is 10.1 Å². The van der Waals surface area contributed by atoms with Crippen LogP contribution in [0.4, 0.5) is 14.5 Å². The van der Waals surface area contributed by atoms with E-state index in [0.717, 1.165) is 18.5 Å². The van der Waals surface area contributed by atoms with Crippen molar-refractivity contribution in [3.63, 3.8) is 0 Å². The zero-order valence-corrected chi connectivity index (χ0v) is 11.1. The molecule has 2 nitrogen and oxygen atoms in total.